The third-order valence-electron chi connectivity index (χ3n) is 3.76. The normalized spacial score (nSPS) is 15.4. The van der Waals surface area contributed by atoms with Crippen LogP contribution in [0.5, 0.6) is 0 Å². The molecule has 0 atom stereocenters. The van der Waals surface area contributed by atoms with Gasteiger partial charge in [-0.3, -0.25) is 9.59 Å². The van der Waals surface area contributed by atoms with Crippen LogP contribution >= 0.6 is 0 Å². The van der Waals surface area contributed by atoms with E-state index in [2.05, 4.69) is 5.32 Å². The molecule has 7 heteroatoms. The van der Waals surface area contributed by atoms with Gasteiger partial charge in [-0.25, -0.2) is 13.1 Å². The maximum Gasteiger partial charge on any atom is 0.265 e. The summed E-state index contributed by atoms with van der Waals surface area (Å²) in [4.78, 5) is 23.1. The number of carbonyl (C=O) groups excluding carboxylic acids is 2. The standard InChI is InChI=1S/C18H16N2O4S/c21-17-12-16(25(23,24)20-17)14-8-6-13(7-9-14)10-11-19-18(22)15-4-2-1-3-5-15/h1-9,12H,10-11H2,(H,19,22)(H,20,21). The van der Waals surface area contributed by atoms with Gasteiger partial charge in [0.05, 0.1) is 0 Å². The largest absolute Gasteiger partial charge is 0.352 e. The molecule has 0 aromatic heterocycles. The van der Waals surface area contributed by atoms with Gasteiger partial charge in [0.25, 0.3) is 21.8 Å². The van der Waals surface area contributed by atoms with E-state index < -0.39 is 15.9 Å². The van der Waals surface area contributed by atoms with Crippen LogP contribution in [0.1, 0.15) is 21.5 Å². The van der Waals surface area contributed by atoms with Crippen LogP contribution < -0.4 is 10.0 Å². The predicted octanol–water partition coefficient (Wildman–Crippen LogP) is 1.46. The Balaban J connectivity index is 1.59. The average molecular weight is 356 g/mol. The monoisotopic (exact) mass is 356 g/mol. The van der Waals surface area contributed by atoms with Crippen molar-refractivity contribution in [2.45, 2.75) is 6.42 Å². The van der Waals surface area contributed by atoms with Crippen molar-refractivity contribution in [1.29, 1.82) is 0 Å². The van der Waals surface area contributed by atoms with Gasteiger partial charge in [-0.2, -0.15) is 0 Å². The van der Waals surface area contributed by atoms with Crippen LogP contribution in [0.15, 0.2) is 60.7 Å². The van der Waals surface area contributed by atoms with Crippen LogP contribution in [0, 0.1) is 0 Å². The second-order valence-electron chi connectivity index (χ2n) is 5.55. The quantitative estimate of drug-likeness (QED) is 0.848. The number of sulfonamides is 1. The lowest BCUT2D eigenvalue weighted by molar-refractivity contribution is -0.114. The van der Waals surface area contributed by atoms with E-state index in [0.29, 0.717) is 24.1 Å². The van der Waals surface area contributed by atoms with Crippen LogP contribution in [-0.4, -0.2) is 26.8 Å². The smallest absolute Gasteiger partial charge is 0.265 e. The molecule has 0 aliphatic carbocycles. The molecule has 0 bridgehead atoms. The number of hydrogen-bond acceptors (Lipinski definition) is 4. The first-order valence-corrected chi connectivity index (χ1v) is 9.15. The molecule has 3 rings (SSSR count). The molecule has 2 N–H and O–H groups in total. The van der Waals surface area contributed by atoms with Crippen molar-refractivity contribution in [3.63, 3.8) is 0 Å². The second-order valence-corrected chi connectivity index (χ2v) is 7.20. The summed E-state index contributed by atoms with van der Waals surface area (Å²) in [5, 5.41) is 2.84. The molecular weight excluding hydrogens is 340 g/mol. The first kappa shape index (κ1) is 16.9. The maximum atomic E-state index is 11.9. The van der Waals surface area contributed by atoms with Crippen molar-refractivity contribution in [3.05, 3.63) is 77.4 Å². The minimum absolute atomic E-state index is 0.0265. The summed E-state index contributed by atoms with van der Waals surface area (Å²) in [5.74, 6) is -0.772. The molecule has 1 aliphatic heterocycles. The number of benzene rings is 2. The number of amides is 2. The molecule has 25 heavy (non-hydrogen) atoms. The summed E-state index contributed by atoms with van der Waals surface area (Å²) in [7, 11) is -3.76. The van der Waals surface area contributed by atoms with Crippen molar-refractivity contribution in [1.82, 2.24) is 10.0 Å². The number of nitrogens with one attached hydrogen (secondary N) is 2. The third kappa shape index (κ3) is 3.95. The Morgan fingerprint density at radius 1 is 1.00 bits per heavy atom. The highest BCUT2D eigenvalue weighted by Crippen LogP contribution is 2.24. The van der Waals surface area contributed by atoms with E-state index in [1.807, 2.05) is 10.8 Å². The van der Waals surface area contributed by atoms with Gasteiger partial charge in [-0.15, -0.1) is 0 Å². The van der Waals surface area contributed by atoms with Crippen molar-refractivity contribution in [3.8, 4) is 0 Å². The van der Waals surface area contributed by atoms with Crippen LogP contribution in [0.25, 0.3) is 4.91 Å². The molecule has 0 unspecified atom stereocenters. The predicted molar refractivity (Wildman–Crippen MR) is 94.0 cm³/mol. The summed E-state index contributed by atoms with van der Waals surface area (Å²) in [6, 6.07) is 15.8. The molecule has 2 amide bonds. The van der Waals surface area contributed by atoms with Gasteiger partial charge in [-0.1, -0.05) is 42.5 Å². The Hall–Kier alpha value is -2.93. The molecule has 0 spiro atoms. The summed E-state index contributed by atoms with van der Waals surface area (Å²) >= 11 is 0. The van der Waals surface area contributed by atoms with E-state index in [0.717, 1.165) is 11.6 Å². The molecule has 1 heterocycles. The minimum Gasteiger partial charge on any atom is -0.352 e. The van der Waals surface area contributed by atoms with E-state index in [1.54, 1.807) is 48.5 Å². The molecule has 2 aromatic carbocycles. The fraction of sp³-hybridized carbons (Fsp3) is 0.111. The molecule has 6 nitrogen and oxygen atoms in total. The van der Waals surface area contributed by atoms with E-state index in [-0.39, 0.29) is 10.8 Å². The van der Waals surface area contributed by atoms with Gasteiger partial charge in [0, 0.05) is 18.2 Å². The van der Waals surface area contributed by atoms with E-state index in [4.69, 9.17) is 0 Å². The van der Waals surface area contributed by atoms with Crippen LogP contribution in [-0.2, 0) is 21.2 Å². The van der Waals surface area contributed by atoms with Gasteiger partial charge in [0.1, 0.15) is 4.91 Å². The molecule has 0 radical (unpaired) electrons. The van der Waals surface area contributed by atoms with Gasteiger partial charge < -0.3 is 5.32 Å². The minimum atomic E-state index is -3.76. The Kier molecular flexibility index (Phi) is 4.67. The van der Waals surface area contributed by atoms with Gasteiger partial charge in [0.2, 0.25) is 0 Å². The fourth-order valence-corrected chi connectivity index (χ4v) is 3.64. The first-order valence-electron chi connectivity index (χ1n) is 7.67. The molecular formula is C18H16N2O4S. The van der Waals surface area contributed by atoms with Crippen molar-refractivity contribution in [2.75, 3.05) is 6.54 Å². The number of rotatable bonds is 5. The van der Waals surface area contributed by atoms with Gasteiger partial charge >= 0.3 is 0 Å². The molecule has 128 valence electrons. The van der Waals surface area contributed by atoms with Crippen molar-refractivity contribution < 1.29 is 18.0 Å². The Bertz CT molecular complexity index is 933. The molecule has 0 saturated carbocycles. The van der Waals surface area contributed by atoms with E-state index in [9.17, 15) is 18.0 Å². The Labute approximate surface area is 145 Å². The van der Waals surface area contributed by atoms with Crippen LogP contribution in [0.3, 0.4) is 0 Å². The molecule has 1 aliphatic rings. The lowest BCUT2D eigenvalue weighted by atomic mass is 10.1. The Morgan fingerprint density at radius 2 is 1.68 bits per heavy atom. The topological polar surface area (TPSA) is 92.3 Å². The lowest BCUT2D eigenvalue weighted by Crippen LogP contribution is -2.25. The van der Waals surface area contributed by atoms with Gasteiger partial charge in [-0.05, 0) is 29.7 Å². The zero-order chi connectivity index (χ0) is 17.9. The SMILES string of the molecule is O=C1C=C(c2ccc(CCNC(=O)c3ccccc3)cc2)S(=O)(=O)N1. The van der Waals surface area contributed by atoms with Crippen LogP contribution in [0.2, 0.25) is 0 Å². The first-order chi connectivity index (χ1) is 12.0. The zero-order valence-corrected chi connectivity index (χ0v) is 14.0. The highest BCUT2D eigenvalue weighted by molar-refractivity contribution is 7.99. The highest BCUT2D eigenvalue weighted by atomic mass is 32.2. The summed E-state index contributed by atoms with van der Waals surface area (Å²) in [6.07, 6.45) is 1.69. The van der Waals surface area contributed by atoms with E-state index in [1.165, 1.54) is 0 Å². The average Bonchev–Trinajstić information content (AvgIpc) is 2.88. The third-order valence-corrected chi connectivity index (χ3v) is 5.16. The molecule has 2 aromatic rings. The fourth-order valence-electron chi connectivity index (χ4n) is 2.50. The zero-order valence-electron chi connectivity index (χ0n) is 13.2. The van der Waals surface area contributed by atoms with Crippen molar-refractivity contribution >= 4 is 26.7 Å². The summed E-state index contributed by atoms with van der Waals surface area (Å²) in [5.41, 5.74) is 2.01. The summed E-state index contributed by atoms with van der Waals surface area (Å²) in [6.45, 7) is 0.466. The Morgan fingerprint density at radius 3 is 2.28 bits per heavy atom. The number of hydrogen-bond donors (Lipinski definition) is 2. The van der Waals surface area contributed by atoms with Gasteiger partial charge in [0.15, 0.2) is 0 Å². The molecule has 0 fully saturated rings. The highest BCUT2D eigenvalue weighted by Gasteiger charge is 2.28. The lowest BCUT2D eigenvalue weighted by Gasteiger charge is -2.07. The number of carbonyl (C=O) groups is 2. The molecule has 0 saturated heterocycles. The maximum absolute atomic E-state index is 11.9. The van der Waals surface area contributed by atoms with Crippen molar-refractivity contribution in [2.24, 2.45) is 0 Å². The van der Waals surface area contributed by atoms with E-state index >= 15 is 0 Å². The van der Waals surface area contributed by atoms with Crippen LogP contribution in [0.4, 0.5) is 0 Å². The second kappa shape index (κ2) is 6.90. The summed E-state index contributed by atoms with van der Waals surface area (Å²) < 4.78 is 25.5.